The van der Waals surface area contributed by atoms with Crippen molar-refractivity contribution in [2.45, 2.75) is 30.5 Å². The maximum absolute atomic E-state index is 12.9. The molecule has 0 spiro atoms. The second kappa shape index (κ2) is 6.33. The molecule has 1 aromatic carbocycles. The Hall–Kier alpha value is -2.08. The van der Waals surface area contributed by atoms with Gasteiger partial charge in [-0.3, -0.25) is 25.2 Å². The Morgan fingerprint density at radius 1 is 1.20 bits per heavy atom. The van der Waals surface area contributed by atoms with E-state index in [9.17, 15) is 33.4 Å². The van der Waals surface area contributed by atoms with Gasteiger partial charge in [0.2, 0.25) is 0 Å². The minimum atomic E-state index is -4.95. The zero-order valence-corrected chi connectivity index (χ0v) is 14.4. The second-order valence-electron chi connectivity index (χ2n) is 5.42. The van der Waals surface area contributed by atoms with Crippen molar-refractivity contribution >= 4 is 39.3 Å². The summed E-state index contributed by atoms with van der Waals surface area (Å²) in [5.74, 6) is 0. The Labute approximate surface area is 147 Å². The van der Waals surface area contributed by atoms with Crippen molar-refractivity contribution in [2.75, 3.05) is 0 Å². The standard InChI is InChI=1S/C13H10F3N3O4S2/c1-6-12(2,3)17-11(24-6)25-10-8(18(20)21)4-7(13(14,15)16)5-9(10)19(22)23/h4-5H,1H2,2-3H3. The van der Waals surface area contributed by atoms with Crippen LogP contribution in [0.1, 0.15) is 19.4 Å². The SMILES string of the molecule is C=C1SC(Sc2c([N+](=O)[O-])cc(C(F)(F)F)cc2[N+](=O)[O-])=NC1(C)C. The highest BCUT2D eigenvalue weighted by Crippen LogP contribution is 2.48. The molecule has 0 aromatic heterocycles. The summed E-state index contributed by atoms with van der Waals surface area (Å²) in [7, 11) is 0. The highest BCUT2D eigenvalue weighted by atomic mass is 32.2. The van der Waals surface area contributed by atoms with Crippen LogP contribution in [-0.4, -0.2) is 19.8 Å². The molecular weight excluding hydrogens is 383 g/mol. The summed E-state index contributed by atoms with van der Waals surface area (Å²) in [6, 6.07) is 0.574. The summed E-state index contributed by atoms with van der Waals surface area (Å²) < 4.78 is 38.9. The molecule has 1 heterocycles. The highest BCUT2D eigenvalue weighted by Gasteiger charge is 2.39. The summed E-state index contributed by atoms with van der Waals surface area (Å²) >= 11 is 1.66. The average Bonchev–Trinajstić information content (AvgIpc) is 2.69. The number of aliphatic imine (C=N–C) groups is 1. The lowest BCUT2D eigenvalue weighted by Crippen LogP contribution is -2.12. The summed E-state index contributed by atoms with van der Waals surface area (Å²) in [4.78, 5) is 24.6. The number of thioether (sulfide) groups is 2. The van der Waals surface area contributed by atoms with Gasteiger partial charge in [-0.05, 0) is 25.6 Å². The number of nitrogens with zero attached hydrogens (tertiary/aromatic N) is 3. The van der Waals surface area contributed by atoms with Gasteiger partial charge in [0.25, 0.3) is 11.4 Å². The van der Waals surface area contributed by atoms with E-state index in [2.05, 4.69) is 11.6 Å². The molecule has 0 aliphatic carbocycles. The lowest BCUT2D eigenvalue weighted by Gasteiger charge is -2.12. The van der Waals surface area contributed by atoms with Crippen LogP contribution in [0.25, 0.3) is 0 Å². The molecule has 25 heavy (non-hydrogen) atoms. The molecule has 0 atom stereocenters. The van der Waals surface area contributed by atoms with Crippen molar-refractivity contribution in [3.05, 3.63) is 49.4 Å². The maximum atomic E-state index is 12.9. The van der Waals surface area contributed by atoms with E-state index >= 15 is 0 Å². The molecule has 0 unspecified atom stereocenters. The molecule has 7 nitrogen and oxygen atoms in total. The van der Waals surface area contributed by atoms with E-state index in [-0.39, 0.29) is 16.5 Å². The average molecular weight is 393 g/mol. The van der Waals surface area contributed by atoms with E-state index in [1.807, 2.05) is 0 Å². The molecule has 1 aromatic rings. The van der Waals surface area contributed by atoms with Gasteiger partial charge in [-0.25, -0.2) is 0 Å². The van der Waals surface area contributed by atoms with Crippen molar-refractivity contribution in [1.82, 2.24) is 0 Å². The number of hydrogen-bond donors (Lipinski definition) is 0. The van der Waals surface area contributed by atoms with Crippen LogP contribution in [0, 0.1) is 20.2 Å². The molecule has 12 heteroatoms. The van der Waals surface area contributed by atoms with Crippen LogP contribution in [0.4, 0.5) is 24.5 Å². The van der Waals surface area contributed by atoms with Gasteiger partial charge < -0.3 is 0 Å². The van der Waals surface area contributed by atoms with Crippen LogP contribution < -0.4 is 0 Å². The predicted octanol–water partition coefficient (Wildman–Crippen LogP) is 5.01. The van der Waals surface area contributed by atoms with Crippen molar-refractivity contribution in [2.24, 2.45) is 4.99 Å². The molecule has 0 radical (unpaired) electrons. The van der Waals surface area contributed by atoms with Crippen LogP contribution in [-0.2, 0) is 6.18 Å². The number of nitro benzene ring substituents is 2. The summed E-state index contributed by atoms with van der Waals surface area (Å²) in [5, 5.41) is 22.4. The fraction of sp³-hybridized carbons (Fsp3) is 0.308. The smallest absolute Gasteiger partial charge is 0.260 e. The van der Waals surface area contributed by atoms with Crippen LogP contribution in [0.5, 0.6) is 0 Å². The lowest BCUT2D eigenvalue weighted by molar-refractivity contribution is -0.400. The number of alkyl halides is 3. The zero-order chi connectivity index (χ0) is 19.2. The van der Waals surface area contributed by atoms with Crippen molar-refractivity contribution in [3.8, 4) is 0 Å². The van der Waals surface area contributed by atoms with Crippen LogP contribution in [0.2, 0.25) is 0 Å². The second-order valence-corrected chi connectivity index (χ2v) is 7.76. The van der Waals surface area contributed by atoms with Gasteiger partial charge in [-0.1, -0.05) is 18.3 Å². The van der Waals surface area contributed by atoms with Gasteiger partial charge in [0.15, 0.2) is 4.90 Å². The van der Waals surface area contributed by atoms with Crippen LogP contribution >= 0.6 is 23.5 Å². The van der Waals surface area contributed by atoms with Gasteiger partial charge >= 0.3 is 6.18 Å². The number of nitro groups is 2. The van der Waals surface area contributed by atoms with Gasteiger partial charge in [0.05, 0.1) is 20.9 Å². The van der Waals surface area contributed by atoms with Crippen LogP contribution in [0.3, 0.4) is 0 Å². The molecule has 0 N–H and O–H groups in total. The van der Waals surface area contributed by atoms with Crippen molar-refractivity contribution in [1.29, 1.82) is 0 Å². The molecule has 134 valence electrons. The topological polar surface area (TPSA) is 98.6 Å². The van der Waals surface area contributed by atoms with Gasteiger partial charge in [-0.15, -0.1) is 0 Å². The molecule has 1 aliphatic rings. The monoisotopic (exact) mass is 393 g/mol. The Balaban J connectivity index is 2.62. The third-order valence-electron chi connectivity index (χ3n) is 3.22. The number of halogens is 3. The number of hydrogen-bond acceptors (Lipinski definition) is 7. The zero-order valence-electron chi connectivity index (χ0n) is 12.8. The third kappa shape index (κ3) is 3.95. The van der Waals surface area contributed by atoms with E-state index in [1.165, 1.54) is 0 Å². The van der Waals surface area contributed by atoms with Gasteiger partial charge in [0.1, 0.15) is 4.38 Å². The molecular formula is C13H10F3N3O4S2. The van der Waals surface area contributed by atoms with E-state index in [0.717, 1.165) is 11.8 Å². The van der Waals surface area contributed by atoms with E-state index in [1.54, 1.807) is 13.8 Å². The van der Waals surface area contributed by atoms with Crippen molar-refractivity contribution < 1.29 is 23.0 Å². The normalized spacial score (nSPS) is 16.7. The Morgan fingerprint density at radius 2 is 1.68 bits per heavy atom. The van der Waals surface area contributed by atoms with Gasteiger partial charge in [-0.2, -0.15) is 13.2 Å². The first-order valence-electron chi connectivity index (χ1n) is 6.52. The summed E-state index contributed by atoms with van der Waals surface area (Å²) in [5.41, 5.74) is -4.13. The number of benzene rings is 1. The van der Waals surface area contributed by atoms with E-state index in [4.69, 9.17) is 0 Å². The molecule has 0 saturated heterocycles. The van der Waals surface area contributed by atoms with Gasteiger partial charge in [0, 0.05) is 17.0 Å². The highest BCUT2D eigenvalue weighted by molar-refractivity contribution is 8.40. The predicted molar refractivity (Wildman–Crippen MR) is 88.9 cm³/mol. The van der Waals surface area contributed by atoms with E-state index < -0.39 is 43.4 Å². The molecule has 0 fully saturated rings. The van der Waals surface area contributed by atoms with E-state index in [0.29, 0.717) is 16.7 Å². The Kier molecular flexibility index (Phi) is 4.88. The summed E-state index contributed by atoms with van der Waals surface area (Å²) in [6.45, 7) is 7.23. The molecule has 0 saturated carbocycles. The number of rotatable bonds is 3. The first kappa shape index (κ1) is 19.2. The molecule has 2 rings (SSSR count). The fourth-order valence-corrected chi connectivity index (χ4v) is 4.24. The summed E-state index contributed by atoms with van der Waals surface area (Å²) in [6.07, 6.45) is -4.95. The van der Waals surface area contributed by atoms with Crippen LogP contribution in [0.15, 0.2) is 33.5 Å². The first-order valence-corrected chi connectivity index (χ1v) is 8.15. The first-order chi connectivity index (χ1) is 11.3. The maximum Gasteiger partial charge on any atom is 0.416 e. The molecule has 0 bridgehead atoms. The third-order valence-corrected chi connectivity index (χ3v) is 5.62. The fourth-order valence-electron chi connectivity index (χ4n) is 1.81. The Morgan fingerprint density at radius 3 is 2.00 bits per heavy atom. The Bertz CT molecular complexity index is 786. The van der Waals surface area contributed by atoms with Crippen molar-refractivity contribution in [3.63, 3.8) is 0 Å². The minimum absolute atomic E-state index is 0.237. The minimum Gasteiger partial charge on any atom is -0.260 e. The largest absolute Gasteiger partial charge is 0.416 e. The lowest BCUT2D eigenvalue weighted by atomic mass is 10.1. The quantitative estimate of drug-likeness (QED) is 0.529. The molecule has 0 amide bonds. The molecule has 1 aliphatic heterocycles.